The molecule has 0 radical (unpaired) electrons. The molecule has 0 aliphatic heterocycles. The first-order chi connectivity index (χ1) is 11.8. The summed E-state index contributed by atoms with van der Waals surface area (Å²) in [6.45, 7) is 11.0. The standard InChI is InChI=1S/C19H27N5O/c1-13(22-15-8-6-14(7-9-15)19(2,3)4)16-12-20-18(23-17(16)25)24-11-5-10-21-24/h5,10-12,14-15,22H,1,6-9H2,2-4H3,(H,20,23,25). The molecular weight excluding hydrogens is 314 g/mol. The van der Waals surface area contributed by atoms with Crippen LogP contribution in [-0.2, 0) is 0 Å². The Morgan fingerprint density at radius 2 is 2.04 bits per heavy atom. The monoisotopic (exact) mass is 341 g/mol. The first-order valence-electron chi connectivity index (χ1n) is 8.90. The zero-order valence-corrected chi connectivity index (χ0v) is 15.2. The van der Waals surface area contributed by atoms with Crippen LogP contribution in [0.5, 0.6) is 0 Å². The van der Waals surface area contributed by atoms with Gasteiger partial charge in [-0.2, -0.15) is 5.10 Å². The molecule has 2 aromatic heterocycles. The Morgan fingerprint density at radius 3 is 2.60 bits per heavy atom. The largest absolute Gasteiger partial charge is 0.382 e. The molecule has 3 rings (SSSR count). The van der Waals surface area contributed by atoms with E-state index in [2.05, 4.69) is 47.7 Å². The fraction of sp³-hybridized carbons (Fsp3) is 0.526. The maximum Gasteiger partial charge on any atom is 0.261 e. The van der Waals surface area contributed by atoms with Gasteiger partial charge in [0.25, 0.3) is 5.56 Å². The van der Waals surface area contributed by atoms with Crippen molar-refractivity contribution < 1.29 is 0 Å². The molecule has 25 heavy (non-hydrogen) atoms. The molecule has 2 aromatic rings. The number of aromatic nitrogens is 4. The molecule has 6 heteroatoms. The molecule has 1 fully saturated rings. The molecule has 1 saturated carbocycles. The predicted octanol–water partition coefficient (Wildman–Crippen LogP) is 3.12. The van der Waals surface area contributed by atoms with Crippen molar-refractivity contribution in [2.45, 2.75) is 52.5 Å². The number of hydrogen-bond acceptors (Lipinski definition) is 4. The number of rotatable bonds is 4. The highest BCUT2D eigenvalue weighted by Crippen LogP contribution is 2.38. The minimum absolute atomic E-state index is 0.207. The molecule has 0 atom stereocenters. The number of aromatic amines is 1. The van der Waals surface area contributed by atoms with Crippen LogP contribution in [0.2, 0.25) is 0 Å². The SMILES string of the molecule is C=C(NC1CCC(C(C)(C)C)CC1)c1cnc(-n2cccn2)[nH]c1=O. The average Bonchev–Trinajstić information content (AvgIpc) is 3.08. The van der Waals surface area contributed by atoms with Gasteiger partial charge in [-0.25, -0.2) is 9.67 Å². The Labute approximate surface area is 148 Å². The minimum atomic E-state index is -0.207. The van der Waals surface area contributed by atoms with Gasteiger partial charge >= 0.3 is 0 Å². The third-order valence-electron chi connectivity index (χ3n) is 5.16. The molecule has 1 aliphatic carbocycles. The van der Waals surface area contributed by atoms with Gasteiger partial charge in [0, 0.05) is 30.3 Å². The Hall–Kier alpha value is -2.37. The van der Waals surface area contributed by atoms with E-state index < -0.39 is 0 Å². The van der Waals surface area contributed by atoms with Crippen molar-refractivity contribution in [1.82, 2.24) is 25.1 Å². The third-order valence-corrected chi connectivity index (χ3v) is 5.16. The van der Waals surface area contributed by atoms with Gasteiger partial charge in [-0.05, 0) is 43.1 Å². The topological polar surface area (TPSA) is 75.6 Å². The molecular formula is C19H27N5O. The van der Waals surface area contributed by atoms with Crippen LogP contribution in [0.25, 0.3) is 11.6 Å². The summed E-state index contributed by atoms with van der Waals surface area (Å²) in [6.07, 6.45) is 9.57. The number of hydrogen-bond donors (Lipinski definition) is 2. The van der Waals surface area contributed by atoms with Crippen molar-refractivity contribution in [3.05, 3.63) is 47.2 Å². The summed E-state index contributed by atoms with van der Waals surface area (Å²) in [7, 11) is 0. The van der Waals surface area contributed by atoms with Crippen LogP contribution in [0, 0.1) is 11.3 Å². The van der Waals surface area contributed by atoms with Crippen LogP contribution < -0.4 is 10.9 Å². The number of nitrogens with zero attached hydrogens (tertiary/aromatic N) is 3. The van der Waals surface area contributed by atoms with E-state index in [4.69, 9.17) is 0 Å². The van der Waals surface area contributed by atoms with Gasteiger partial charge in [0.2, 0.25) is 5.95 Å². The molecule has 0 saturated heterocycles. The highest BCUT2D eigenvalue weighted by atomic mass is 16.1. The fourth-order valence-electron chi connectivity index (χ4n) is 3.54. The van der Waals surface area contributed by atoms with Gasteiger partial charge in [-0.1, -0.05) is 27.4 Å². The molecule has 6 nitrogen and oxygen atoms in total. The van der Waals surface area contributed by atoms with Gasteiger partial charge in [-0.15, -0.1) is 0 Å². The van der Waals surface area contributed by atoms with Crippen molar-refractivity contribution >= 4 is 5.70 Å². The average molecular weight is 341 g/mol. The van der Waals surface area contributed by atoms with Gasteiger partial charge < -0.3 is 5.32 Å². The zero-order valence-electron chi connectivity index (χ0n) is 15.2. The van der Waals surface area contributed by atoms with Crippen molar-refractivity contribution in [1.29, 1.82) is 0 Å². The highest BCUT2D eigenvalue weighted by Gasteiger charge is 2.29. The maximum atomic E-state index is 12.4. The van der Waals surface area contributed by atoms with Crippen molar-refractivity contribution in [3.63, 3.8) is 0 Å². The van der Waals surface area contributed by atoms with Crippen molar-refractivity contribution in [2.75, 3.05) is 0 Å². The summed E-state index contributed by atoms with van der Waals surface area (Å²) in [5, 5.41) is 7.49. The fourth-order valence-corrected chi connectivity index (χ4v) is 3.54. The Kier molecular flexibility index (Phi) is 4.79. The Morgan fingerprint density at radius 1 is 1.32 bits per heavy atom. The molecule has 0 amide bonds. The molecule has 0 spiro atoms. The summed E-state index contributed by atoms with van der Waals surface area (Å²) in [5.74, 6) is 1.16. The van der Waals surface area contributed by atoms with Crippen LogP contribution in [0.1, 0.15) is 52.0 Å². The lowest BCUT2D eigenvalue weighted by Gasteiger charge is -2.37. The quantitative estimate of drug-likeness (QED) is 0.896. The van der Waals surface area contributed by atoms with Crippen molar-refractivity contribution in [2.24, 2.45) is 11.3 Å². The van der Waals surface area contributed by atoms with E-state index in [1.165, 1.54) is 17.5 Å². The van der Waals surface area contributed by atoms with Gasteiger partial charge in [0.15, 0.2) is 0 Å². The smallest absolute Gasteiger partial charge is 0.261 e. The molecule has 2 N–H and O–H groups in total. The van der Waals surface area contributed by atoms with Gasteiger partial charge in [-0.3, -0.25) is 9.78 Å². The van der Waals surface area contributed by atoms with E-state index in [0.717, 1.165) is 18.8 Å². The normalized spacial score (nSPS) is 21.1. The second-order valence-corrected chi connectivity index (χ2v) is 7.94. The van der Waals surface area contributed by atoms with E-state index >= 15 is 0 Å². The molecule has 0 bridgehead atoms. The molecule has 2 heterocycles. The summed E-state index contributed by atoms with van der Waals surface area (Å²) in [4.78, 5) is 19.4. The molecule has 0 aromatic carbocycles. The van der Waals surface area contributed by atoms with Crippen LogP contribution in [0.3, 0.4) is 0 Å². The number of H-pyrrole nitrogens is 1. The second kappa shape index (κ2) is 6.86. The van der Waals surface area contributed by atoms with E-state index in [9.17, 15) is 4.79 Å². The molecule has 1 aliphatic rings. The van der Waals surface area contributed by atoms with Crippen LogP contribution in [0.4, 0.5) is 0 Å². The first-order valence-corrected chi connectivity index (χ1v) is 8.90. The van der Waals surface area contributed by atoms with Gasteiger partial charge in [0.1, 0.15) is 0 Å². The summed E-state index contributed by atoms with van der Waals surface area (Å²) >= 11 is 0. The van der Waals surface area contributed by atoms with Gasteiger partial charge in [0.05, 0.1) is 5.56 Å². The highest BCUT2D eigenvalue weighted by molar-refractivity contribution is 5.60. The zero-order chi connectivity index (χ0) is 18.0. The summed E-state index contributed by atoms with van der Waals surface area (Å²) in [5.41, 5.74) is 1.28. The van der Waals surface area contributed by atoms with E-state index in [0.29, 0.717) is 28.7 Å². The molecule has 134 valence electrons. The summed E-state index contributed by atoms with van der Waals surface area (Å²) < 4.78 is 1.52. The summed E-state index contributed by atoms with van der Waals surface area (Å²) in [6, 6.07) is 2.15. The second-order valence-electron chi connectivity index (χ2n) is 7.94. The first kappa shape index (κ1) is 17.5. The predicted molar refractivity (Wildman–Crippen MR) is 99.4 cm³/mol. The van der Waals surface area contributed by atoms with Crippen molar-refractivity contribution in [3.8, 4) is 5.95 Å². The lowest BCUT2D eigenvalue weighted by Crippen LogP contribution is -2.36. The Balaban J connectivity index is 1.64. The van der Waals surface area contributed by atoms with E-state index in [1.54, 1.807) is 24.7 Å². The van der Waals surface area contributed by atoms with Crippen LogP contribution in [-0.4, -0.2) is 25.8 Å². The number of nitrogens with one attached hydrogen (secondary N) is 2. The van der Waals surface area contributed by atoms with Crippen LogP contribution >= 0.6 is 0 Å². The van der Waals surface area contributed by atoms with E-state index in [1.807, 2.05) is 0 Å². The molecule has 0 unspecified atom stereocenters. The minimum Gasteiger partial charge on any atom is -0.382 e. The Bertz CT molecular complexity index is 777. The lowest BCUT2D eigenvalue weighted by atomic mass is 9.71. The van der Waals surface area contributed by atoms with Crippen LogP contribution in [0.15, 0.2) is 36.0 Å². The third kappa shape index (κ3) is 4.00. The maximum absolute atomic E-state index is 12.4. The lowest BCUT2D eigenvalue weighted by molar-refractivity contribution is 0.165. The van der Waals surface area contributed by atoms with E-state index in [-0.39, 0.29) is 5.56 Å².